The van der Waals surface area contributed by atoms with Gasteiger partial charge in [-0.1, -0.05) is 17.8 Å². The average Bonchev–Trinajstić information content (AvgIpc) is 2.77. The molecule has 0 atom stereocenters. The van der Waals surface area contributed by atoms with Crippen LogP contribution < -0.4 is 10.6 Å². The van der Waals surface area contributed by atoms with E-state index in [1.807, 2.05) is 0 Å². The average molecular weight is 280 g/mol. The van der Waals surface area contributed by atoms with Crippen LogP contribution in [0.3, 0.4) is 0 Å². The van der Waals surface area contributed by atoms with Gasteiger partial charge in [0.15, 0.2) is 5.82 Å². The summed E-state index contributed by atoms with van der Waals surface area (Å²) in [7, 11) is 0. The van der Waals surface area contributed by atoms with Crippen LogP contribution in [-0.2, 0) is 6.61 Å². The summed E-state index contributed by atoms with van der Waals surface area (Å²) >= 11 is 1.43. The Hall–Kier alpha value is -2.02. The molecule has 0 spiro atoms. The molecule has 2 N–H and O–H groups in total. The number of hydrogen-bond acceptors (Lipinski definition) is 5. The third kappa shape index (κ3) is 3.47. The van der Waals surface area contributed by atoms with Crippen molar-refractivity contribution < 1.29 is 9.13 Å². The fourth-order valence-electron chi connectivity index (χ4n) is 1.32. The van der Waals surface area contributed by atoms with Crippen LogP contribution in [0.25, 0.3) is 0 Å². The lowest BCUT2D eigenvalue weighted by Crippen LogP contribution is -2.15. The molecule has 0 fully saturated rings. The van der Waals surface area contributed by atoms with Crippen molar-refractivity contribution in [2.24, 2.45) is 0 Å². The summed E-state index contributed by atoms with van der Waals surface area (Å²) in [5, 5.41) is 8.47. The van der Waals surface area contributed by atoms with Gasteiger partial charge in [0.05, 0.1) is 0 Å². The highest BCUT2D eigenvalue weighted by molar-refractivity contribution is 7.99. The molecule has 7 heteroatoms. The van der Waals surface area contributed by atoms with E-state index in [1.165, 1.54) is 28.6 Å². The predicted octanol–water partition coefficient (Wildman–Crippen LogP) is 1.99. The number of nitrogen functional groups attached to an aromatic ring is 1. The molecule has 0 saturated carbocycles. The quantitative estimate of drug-likeness (QED) is 0.498. The number of nitrogens with zero attached hydrogens (tertiary/aromatic N) is 3. The molecule has 5 nitrogen and oxygen atoms in total. The van der Waals surface area contributed by atoms with Gasteiger partial charge < -0.3 is 10.6 Å². The molecule has 2 aromatic rings. The zero-order chi connectivity index (χ0) is 13.7. The lowest BCUT2D eigenvalue weighted by atomic mass is 10.3. The molecule has 0 aliphatic carbocycles. The molecular weight excluding hydrogens is 267 g/mol. The van der Waals surface area contributed by atoms with Crippen molar-refractivity contribution >= 4 is 11.8 Å². The van der Waals surface area contributed by atoms with Gasteiger partial charge in [0.2, 0.25) is 5.16 Å². The van der Waals surface area contributed by atoms with E-state index in [-0.39, 0.29) is 12.4 Å². The monoisotopic (exact) mass is 280 g/mol. The highest BCUT2D eigenvalue weighted by atomic mass is 32.2. The standard InChI is InChI=1S/C12H13FN4OS/c1-2-7-19-12-16-15-11(17(12)14)8-18-10-5-3-9(13)4-6-10/h2-6H,1,7-8,14H2. The number of hydrogen-bond donors (Lipinski definition) is 1. The fourth-order valence-corrected chi connectivity index (χ4v) is 1.93. The molecule has 2 rings (SSSR count). The van der Waals surface area contributed by atoms with Crippen molar-refractivity contribution in [3.8, 4) is 5.75 Å². The zero-order valence-electron chi connectivity index (χ0n) is 10.1. The molecule has 0 unspecified atom stereocenters. The van der Waals surface area contributed by atoms with Gasteiger partial charge in [-0.25, -0.2) is 9.07 Å². The third-order valence-corrected chi connectivity index (χ3v) is 3.19. The lowest BCUT2D eigenvalue weighted by Gasteiger charge is -2.05. The predicted molar refractivity (Wildman–Crippen MR) is 71.8 cm³/mol. The van der Waals surface area contributed by atoms with Crippen LogP contribution in [0, 0.1) is 5.82 Å². The van der Waals surface area contributed by atoms with Gasteiger partial charge in [-0.3, -0.25) is 0 Å². The maximum absolute atomic E-state index is 12.7. The fraction of sp³-hybridized carbons (Fsp3) is 0.167. The van der Waals surface area contributed by atoms with Gasteiger partial charge >= 0.3 is 0 Å². The van der Waals surface area contributed by atoms with Crippen LogP contribution in [0.15, 0.2) is 42.1 Å². The molecule has 1 heterocycles. The van der Waals surface area contributed by atoms with Crippen molar-refractivity contribution in [1.29, 1.82) is 0 Å². The molecule has 0 radical (unpaired) electrons. The van der Waals surface area contributed by atoms with Gasteiger partial charge in [0.25, 0.3) is 0 Å². The van der Waals surface area contributed by atoms with Gasteiger partial charge in [-0.05, 0) is 24.3 Å². The SMILES string of the molecule is C=CCSc1nnc(COc2ccc(F)cc2)n1N. The van der Waals surface area contributed by atoms with E-state index >= 15 is 0 Å². The molecule has 0 bridgehead atoms. The molecule has 1 aromatic heterocycles. The summed E-state index contributed by atoms with van der Waals surface area (Å²) in [4.78, 5) is 0. The second kappa shape index (κ2) is 6.24. The summed E-state index contributed by atoms with van der Waals surface area (Å²) in [6, 6.07) is 5.74. The van der Waals surface area contributed by atoms with Crippen LogP contribution in [0.1, 0.15) is 5.82 Å². The number of ether oxygens (including phenoxy) is 1. The van der Waals surface area contributed by atoms with E-state index in [9.17, 15) is 4.39 Å². The van der Waals surface area contributed by atoms with Gasteiger partial charge in [-0.15, -0.1) is 16.8 Å². The first-order valence-corrected chi connectivity index (χ1v) is 6.50. The zero-order valence-corrected chi connectivity index (χ0v) is 10.9. The first-order chi connectivity index (χ1) is 9.20. The number of halogens is 1. The van der Waals surface area contributed by atoms with Crippen molar-refractivity contribution in [3.63, 3.8) is 0 Å². The number of aromatic nitrogens is 3. The van der Waals surface area contributed by atoms with Crippen LogP contribution in [0.4, 0.5) is 4.39 Å². The Balaban J connectivity index is 1.97. The van der Waals surface area contributed by atoms with Gasteiger partial charge in [0, 0.05) is 5.75 Å². The Morgan fingerprint density at radius 1 is 1.37 bits per heavy atom. The van der Waals surface area contributed by atoms with Crippen LogP contribution in [0.2, 0.25) is 0 Å². The van der Waals surface area contributed by atoms with Crippen LogP contribution in [-0.4, -0.2) is 20.6 Å². The van der Waals surface area contributed by atoms with E-state index in [2.05, 4.69) is 16.8 Å². The number of thioether (sulfide) groups is 1. The van der Waals surface area contributed by atoms with Gasteiger partial charge in [0.1, 0.15) is 18.2 Å². The van der Waals surface area contributed by atoms with E-state index < -0.39 is 0 Å². The molecule has 100 valence electrons. The number of rotatable bonds is 6. The normalized spacial score (nSPS) is 10.4. The first kappa shape index (κ1) is 13.4. The van der Waals surface area contributed by atoms with Crippen molar-refractivity contribution in [3.05, 3.63) is 48.6 Å². The molecule has 0 saturated heterocycles. The van der Waals surface area contributed by atoms with E-state index in [4.69, 9.17) is 10.6 Å². The first-order valence-electron chi connectivity index (χ1n) is 5.52. The molecule has 0 amide bonds. The lowest BCUT2D eigenvalue weighted by molar-refractivity contribution is 0.291. The number of benzene rings is 1. The maximum atomic E-state index is 12.7. The van der Waals surface area contributed by atoms with Gasteiger partial charge in [-0.2, -0.15) is 0 Å². The van der Waals surface area contributed by atoms with E-state index in [0.717, 1.165) is 0 Å². The molecule has 0 aliphatic rings. The smallest absolute Gasteiger partial charge is 0.210 e. The largest absolute Gasteiger partial charge is 0.486 e. The third-order valence-electron chi connectivity index (χ3n) is 2.25. The van der Waals surface area contributed by atoms with Crippen LogP contribution in [0.5, 0.6) is 5.75 Å². The second-order valence-electron chi connectivity index (χ2n) is 3.61. The van der Waals surface area contributed by atoms with E-state index in [1.54, 1.807) is 18.2 Å². The Labute approximate surface area is 114 Å². The Bertz CT molecular complexity index is 555. The summed E-state index contributed by atoms with van der Waals surface area (Å²) < 4.78 is 19.5. The molecule has 1 aromatic carbocycles. The maximum Gasteiger partial charge on any atom is 0.210 e. The number of nitrogens with two attached hydrogens (primary N) is 1. The molecule has 0 aliphatic heterocycles. The molecule has 19 heavy (non-hydrogen) atoms. The van der Waals surface area contributed by atoms with E-state index in [0.29, 0.717) is 22.5 Å². The minimum atomic E-state index is -0.308. The summed E-state index contributed by atoms with van der Waals surface area (Å²) in [6.45, 7) is 3.79. The minimum Gasteiger partial charge on any atom is -0.486 e. The highest BCUT2D eigenvalue weighted by Gasteiger charge is 2.10. The van der Waals surface area contributed by atoms with Crippen molar-refractivity contribution in [2.45, 2.75) is 11.8 Å². The summed E-state index contributed by atoms with van der Waals surface area (Å²) in [5.41, 5.74) is 0. The van der Waals surface area contributed by atoms with Crippen LogP contribution >= 0.6 is 11.8 Å². The highest BCUT2D eigenvalue weighted by Crippen LogP contribution is 2.16. The Morgan fingerprint density at radius 3 is 2.79 bits per heavy atom. The van der Waals surface area contributed by atoms with Crippen molar-refractivity contribution in [1.82, 2.24) is 14.9 Å². The Morgan fingerprint density at radius 2 is 2.11 bits per heavy atom. The molecular formula is C12H13FN4OS. The second-order valence-corrected chi connectivity index (χ2v) is 4.60. The summed E-state index contributed by atoms with van der Waals surface area (Å²) in [5.74, 6) is 7.27. The topological polar surface area (TPSA) is 66.0 Å². The Kier molecular flexibility index (Phi) is 4.40. The van der Waals surface area contributed by atoms with Crippen molar-refractivity contribution in [2.75, 3.05) is 11.6 Å². The summed E-state index contributed by atoms with van der Waals surface area (Å²) in [6.07, 6.45) is 1.76. The minimum absolute atomic E-state index is 0.170.